The number of halogens is 1. The summed E-state index contributed by atoms with van der Waals surface area (Å²) in [6, 6.07) is 19.3. The van der Waals surface area contributed by atoms with Gasteiger partial charge in [0.15, 0.2) is 11.5 Å². The van der Waals surface area contributed by atoms with Crippen molar-refractivity contribution >= 4 is 46.4 Å². The molecule has 0 saturated heterocycles. The van der Waals surface area contributed by atoms with E-state index in [1.165, 1.54) is 7.11 Å². The number of nitrogens with zero attached hydrogens (tertiary/aromatic N) is 2. The molecule has 1 aliphatic heterocycles. The van der Waals surface area contributed by atoms with Gasteiger partial charge in [0.25, 0.3) is 5.91 Å². The third-order valence-corrected chi connectivity index (χ3v) is 7.23. The Bertz CT molecular complexity index is 1640. The van der Waals surface area contributed by atoms with Crippen molar-refractivity contribution < 1.29 is 28.9 Å². The van der Waals surface area contributed by atoms with E-state index in [0.29, 0.717) is 28.0 Å². The van der Waals surface area contributed by atoms with Crippen LogP contribution < -0.4 is 9.47 Å². The zero-order valence-corrected chi connectivity index (χ0v) is 24.0. The van der Waals surface area contributed by atoms with Crippen LogP contribution >= 0.6 is 23.4 Å². The molecule has 0 atom stereocenters. The summed E-state index contributed by atoms with van der Waals surface area (Å²) in [6.45, 7) is 3.71. The van der Waals surface area contributed by atoms with E-state index in [0.717, 1.165) is 17.3 Å². The van der Waals surface area contributed by atoms with Gasteiger partial charge in [-0.25, -0.2) is 9.79 Å². The lowest BCUT2D eigenvalue weighted by atomic mass is 10.1. The van der Waals surface area contributed by atoms with E-state index >= 15 is 0 Å². The maximum Gasteiger partial charge on any atom is 0.344 e. The Labute approximate surface area is 246 Å². The summed E-state index contributed by atoms with van der Waals surface area (Å²) in [6.07, 6.45) is 1.58. The molecule has 41 heavy (non-hydrogen) atoms. The van der Waals surface area contributed by atoms with Gasteiger partial charge in [0, 0.05) is 11.1 Å². The highest BCUT2D eigenvalue weighted by Gasteiger charge is 2.34. The average molecular weight is 589 g/mol. The first-order chi connectivity index (χ1) is 19.7. The minimum atomic E-state index is -0.798. The number of aliphatic imine (C=N–C) groups is 1. The fourth-order valence-electron chi connectivity index (χ4n) is 3.86. The summed E-state index contributed by atoms with van der Waals surface area (Å²) in [5, 5.41) is 20.6. The van der Waals surface area contributed by atoms with Crippen molar-refractivity contribution in [2.45, 2.75) is 20.5 Å². The van der Waals surface area contributed by atoms with Gasteiger partial charge in [0.1, 0.15) is 23.0 Å². The average Bonchev–Trinajstić information content (AvgIpc) is 3.26. The van der Waals surface area contributed by atoms with Gasteiger partial charge in [0.05, 0.1) is 35.3 Å². The quantitative estimate of drug-likeness (QED) is 0.285. The van der Waals surface area contributed by atoms with E-state index in [4.69, 9.17) is 25.8 Å². The minimum Gasteiger partial charge on any atom is -0.506 e. The Hall–Kier alpha value is -4.52. The zero-order valence-electron chi connectivity index (χ0n) is 22.4. The van der Waals surface area contributed by atoms with E-state index in [2.05, 4.69) is 11.1 Å². The predicted molar refractivity (Wildman–Crippen MR) is 158 cm³/mol. The Morgan fingerprint density at radius 1 is 1.15 bits per heavy atom. The number of methoxy groups -OCH3 is 1. The number of rotatable bonds is 8. The summed E-state index contributed by atoms with van der Waals surface area (Å²) < 4.78 is 16.5. The molecule has 0 fully saturated rings. The molecule has 10 heteroatoms. The highest BCUT2D eigenvalue weighted by molar-refractivity contribution is 8.18. The van der Waals surface area contributed by atoms with Crippen LogP contribution in [0.1, 0.15) is 39.5 Å². The SMILES string of the molecule is CCOC(=O)C1=C(O)/C(=C/c2cc(Cl)c(OCc3ccccc3C#N)c(OC)c2)SC1=NC(=O)c1ccc(C)cc1. The highest BCUT2D eigenvalue weighted by Crippen LogP contribution is 2.42. The number of hydrogen-bond acceptors (Lipinski definition) is 8. The number of carbonyl (C=O) groups is 2. The van der Waals surface area contributed by atoms with Crippen LogP contribution in [0.4, 0.5) is 0 Å². The molecule has 0 aromatic heterocycles. The Balaban J connectivity index is 1.66. The maximum absolute atomic E-state index is 12.8. The van der Waals surface area contributed by atoms with E-state index in [1.807, 2.05) is 13.0 Å². The molecule has 1 aliphatic rings. The van der Waals surface area contributed by atoms with Crippen molar-refractivity contribution in [1.29, 1.82) is 5.26 Å². The van der Waals surface area contributed by atoms with Gasteiger partial charge in [0.2, 0.25) is 0 Å². The van der Waals surface area contributed by atoms with Crippen molar-refractivity contribution in [3.05, 3.63) is 110 Å². The van der Waals surface area contributed by atoms with Crippen molar-refractivity contribution in [2.75, 3.05) is 13.7 Å². The number of carbonyl (C=O) groups excluding carboxylic acids is 2. The predicted octanol–water partition coefficient (Wildman–Crippen LogP) is 6.81. The third-order valence-electron chi connectivity index (χ3n) is 5.93. The Kier molecular flexibility index (Phi) is 9.50. The third kappa shape index (κ3) is 6.80. The van der Waals surface area contributed by atoms with Gasteiger partial charge in [-0.05, 0) is 55.8 Å². The summed E-state index contributed by atoms with van der Waals surface area (Å²) in [5.74, 6) is -1.13. The molecular formula is C31H25ClN2O6S. The summed E-state index contributed by atoms with van der Waals surface area (Å²) in [4.78, 5) is 29.9. The van der Waals surface area contributed by atoms with Crippen LogP contribution in [0, 0.1) is 18.3 Å². The number of hydrogen-bond donors (Lipinski definition) is 1. The molecule has 1 heterocycles. The van der Waals surface area contributed by atoms with E-state index in [1.54, 1.807) is 67.6 Å². The van der Waals surface area contributed by atoms with E-state index < -0.39 is 11.9 Å². The van der Waals surface area contributed by atoms with Gasteiger partial charge < -0.3 is 19.3 Å². The van der Waals surface area contributed by atoms with Crippen LogP contribution in [0.25, 0.3) is 6.08 Å². The van der Waals surface area contributed by atoms with Gasteiger partial charge in [-0.2, -0.15) is 5.26 Å². The van der Waals surface area contributed by atoms with Crippen LogP contribution in [0.3, 0.4) is 0 Å². The van der Waals surface area contributed by atoms with Crippen molar-refractivity contribution in [3.63, 3.8) is 0 Å². The number of aliphatic hydroxyl groups is 1. The van der Waals surface area contributed by atoms with Crippen molar-refractivity contribution in [2.24, 2.45) is 4.99 Å². The van der Waals surface area contributed by atoms with Crippen molar-refractivity contribution in [1.82, 2.24) is 0 Å². The Morgan fingerprint density at radius 3 is 2.56 bits per heavy atom. The molecular weight excluding hydrogens is 564 g/mol. The Morgan fingerprint density at radius 2 is 1.88 bits per heavy atom. The molecule has 0 aliphatic carbocycles. The molecule has 0 unspecified atom stereocenters. The second-order valence-corrected chi connectivity index (χ2v) is 10.2. The smallest absolute Gasteiger partial charge is 0.344 e. The topological polar surface area (TPSA) is 118 Å². The number of ether oxygens (including phenoxy) is 3. The monoisotopic (exact) mass is 588 g/mol. The van der Waals surface area contributed by atoms with Crippen molar-refractivity contribution in [3.8, 4) is 17.6 Å². The number of aliphatic hydroxyl groups excluding tert-OH is 1. The zero-order chi connectivity index (χ0) is 29.5. The van der Waals surface area contributed by atoms with Crippen LogP contribution in [0.5, 0.6) is 11.5 Å². The normalized spacial score (nSPS) is 14.7. The van der Waals surface area contributed by atoms with E-state index in [-0.39, 0.29) is 45.3 Å². The van der Waals surface area contributed by atoms with Gasteiger partial charge >= 0.3 is 5.97 Å². The molecule has 4 rings (SSSR count). The molecule has 0 radical (unpaired) electrons. The molecule has 3 aromatic rings. The standard InChI is InChI=1S/C31H25ClN2O6S/c1-4-39-31(37)26-27(35)25(41-30(26)34-29(36)20-11-9-18(2)10-12-20)15-19-13-23(32)28(24(14-19)38-3)40-17-22-8-6-5-7-21(22)16-33/h5-15,35H,4,17H2,1-3H3/b25-15-,34-30?. The summed E-state index contributed by atoms with van der Waals surface area (Å²) in [7, 11) is 1.46. The number of aryl methyl sites for hydroxylation is 1. The lowest BCUT2D eigenvalue weighted by Gasteiger charge is -2.14. The van der Waals surface area contributed by atoms with E-state index in [9.17, 15) is 20.0 Å². The molecule has 208 valence electrons. The fourth-order valence-corrected chi connectivity index (χ4v) is 5.15. The number of nitriles is 1. The first kappa shape index (κ1) is 29.5. The van der Waals surface area contributed by atoms with Crippen LogP contribution in [-0.4, -0.2) is 35.7 Å². The molecule has 0 bridgehead atoms. The van der Waals surface area contributed by atoms with Gasteiger partial charge in [-0.15, -0.1) is 0 Å². The number of benzene rings is 3. The summed E-state index contributed by atoms with van der Waals surface area (Å²) >= 11 is 7.51. The van der Waals surface area contributed by atoms with Crippen LogP contribution in [0.2, 0.25) is 5.02 Å². The first-order valence-electron chi connectivity index (χ1n) is 12.4. The number of thioether (sulfide) groups is 1. The minimum absolute atomic E-state index is 0.0203. The maximum atomic E-state index is 12.8. The van der Waals surface area contributed by atoms with Crippen LogP contribution in [0.15, 0.2) is 81.9 Å². The first-order valence-corrected chi connectivity index (χ1v) is 13.6. The molecule has 1 N–H and O–H groups in total. The second-order valence-electron chi connectivity index (χ2n) is 8.73. The number of amides is 1. The highest BCUT2D eigenvalue weighted by atomic mass is 35.5. The van der Waals surface area contributed by atoms with Gasteiger partial charge in [-0.1, -0.05) is 59.3 Å². The lowest BCUT2D eigenvalue weighted by Crippen LogP contribution is -2.14. The molecule has 0 spiro atoms. The largest absolute Gasteiger partial charge is 0.506 e. The second kappa shape index (κ2) is 13.2. The lowest BCUT2D eigenvalue weighted by molar-refractivity contribution is -0.138. The molecule has 0 saturated carbocycles. The molecule has 3 aromatic carbocycles. The fraction of sp³-hybridized carbons (Fsp3) is 0.161. The molecule has 1 amide bonds. The molecule has 8 nitrogen and oxygen atoms in total. The van der Waals surface area contributed by atoms with Gasteiger partial charge in [-0.3, -0.25) is 4.79 Å². The van der Waals surface area contributed by atoms with Crippen LogP contribution in [-0.2, 0) is 16.1 Å². The summed E-state index contributed by atoms with van der Waals surface area (Å²) in [5.41, 5.74) is 2.83. The number of esters is 1.